The Morgan fingerprint density at radius 2 is 1.69 bits per heavy atom. The number of aliphatic hydroxyl groups is 1. The highest BCUT2D eigenvalue weighted by atomic mass is 16.5. The number of morpholine rings is 1. The molecule has 0 amide bonds. The Balaban J connectivity index is 1.12. The van der Waals surface area contributed by atoms with Gasteiger partial charge in [-0.3, -0.25) is 4.90 Å². The van der Waals surface area contributed by atoms with Crippen LogP contribution in [0, 0.1) is 0 Å². The summed E-state index contributed by atoms with van der Waals surface area (Å²) in [6.07, 6.45) is 3.15. The van der Waals surface area contributed by atoms with Crippen LogP contribution in [-0.4, -0.2) is 78.1 Å². The van der Waals surface area contributed by atoms with Gasteiger partial charge in [-0.25, -0.2) is 9.97 Å². The highest BCUT2D eigenvalue weighted by Gasteiger charge is 2.34. The summed E-state index contributed by atoms with van der Waals surface area (Å²) >= 11 is 0. The lowest BCUT2D eigenvalue weighted by Gasteiger charge is -2.43. The standard InChI is InChI=1S/C28H34N6O2/c35-26-19-34(12-10-25(26)33-11-9-21-5-1-2-6-22(21)18-33)28-17-27(29-20-30-28)31-23-7-3-4-8-24(23)32-13-15-36-16-14-32/h1-8,17,20,25-26,35H,9-16,18-19H2,(H,29,30,31). The summed E-state index contributed by atoms with van der Waals surface area (Å²) in [5, 5.41) is 14.6. The number of para-hydroxylation sites is 2. The predicted molar refractivity (Wildman–Crippen MR) is 142 cm³/mol. The third kappa shape index (κ3) is 4.89. The summed E-state index contributed by atoms with van der Waals surface area (Å²) in [6.45, 7) is 6.60. The molecule has 2 atom stereocenters. The van der Waals surface area contributed by atoms with Gasteiger partial charge >= 0.3 is 0 Å². The minimum absolute atomic E-state index is 0.175. The Labute approximate surface area is 212 Å². The Morgan fingerprint density at radius 3 is 2.56 bits per heavy atom. The van der Waals surface area contributed by atoms with Crippen molar-refractivity contribution < 1.29 is 9.84 Å². The van der Waals surface area contributed by atoms with Gasteiger partial charge in [0.05, 0.1) is 30.7 Å². The fourth-order valence-corrected chi connectivity index (χ4v) is 5.74. The van der Waals surface area contributed by atoms with Crippen molar-refractivity contribution in [1.29, 1.82) is 0 Å². The van der Waals surface area contributed by atoms with Crippen molar-refractivity contribution in [1.82, 2.24) is 14.9 Å². The minimum Gasteiger partial charge on any atom is -0.390 e. The van der Waals surface area contributed by atoms with E-state index in [2.05, 4.69) is 72.4 Å². The van der Waals surface area contributed by atoms with E-state index in [-0.39, 0.29) is 6.04 Å². The van der Waals surface area contributed by atoms with E-state index >= 15 is 0 Å². The van der Waals surface area contributed by atoms with Gasteiger partial charge in [0.15, 0.2) is 0 Å². The Bertz CT molecular complexity index is 1180. The summed E-state index contributed by atoms with van der Waals surface area (Å²) in [6, 6.07) is 19.2. The molecule has 6 rings (SSSR count). The van der Waals surface area contributed by atoms with Crippen LogP contribution in [-0.2, 0) is 17.7 Å². The first-order valence-electron chi connectivity index (χ1n) is 13.0. The molecule has 188 valence electrons. The van der Waals surface area contributed by atoms with Crippen molar-refractivity contribution in [3.05, 3.63) is 72.1 Å². The van der Waals surface area contributed by atoms with E-state index in [1.165, 1.54) is 11.1 Å². The van der Waals surface area contributed by atoms with Crippen LogP contribution in [0.25, 0.3) is 0 Å². The van der Waals surface area contributed by atoms with Gasteiger partial charge in [0.2, 0.25) is 0 Å². The van der Waals surface area contributed by atoms with Crippen molar-refractivity contribution in [2.45, 2.75) is 31.5 Å². The van der Waals surface area contributed by atoms with Crippen molar-refractivity contribution in [3.8, 4) is 0 Å². The second kappa shape index (κ2) is 10.4. The largest absolute Gasteiger partial charge is 0.390 e. The fourth-order valence-electron chi connectivity index (χ4n) is 5.74. The number of nitrogens with one attached hydrogen (secondary N) is 1. The van der Waals surface area contributed by atoms with Crippen molar-refractivity contribution in [3.63, 3.8) is 0 Å². The Kier molecular flexibility index (Phi) is 6.72. The van der Waals surface area contributed by atoms with Crippen LogP contribution < -0.4 is 15.1 Å². The third-order valence-corrected chi connectivity index (χ3v) is 7.67. The van der Waals surface area contributed by atoms with Crippen molar-refractivity contribution in [2.75, 3.05) is 61.1 Å². The molecule has 1 aromatic heterocycles. The molecule has 8 heteroatoms. The predicted octanol–water partition coefficient (Wildman–Crippen LogP) is 3.05. The zero-order chi connectivity index (χ0) is 24.3. The summed E-state index contributed by atoms with van der Waals surface area (Å²) in [4.78, 5) is 16.0. The van der Waals surface area contributed by atoms with Gasteiger partial charge in [-0.1, -0.05) is 36.4 Å². The molecular formula is C28H34N6O2. The molecule has 0 spiro atoms. The number of aromatic nitrogens is 2. The molecule has 2 fully saturated rings. The molecule has 3 aliphatic heterocycles. The molecule has 8 nitrogen and oxygen atoms in total. The van der Waals surface area contributed by atoms with Gasteiger partial charge in [-0.15, -0.1) is 0 Å². The molecule has 36 heavy (non-hydrogen) atoms. The number of ether oxygens (including phenoxy) is 1. The van der Waals surface area contributed by atoms with Gasteiger partial charge < -0.3 is 25.0 Å². The van der Waals surface area contributed by atoms with E-state index in [1.807, 2.05) is 12.1 Å². The number of β-amino-alcohol motifs (C(OH)–C–C–N with tert-alkyl or cyclic N) is 1. The molecule has 0 aliphatic carbocycles. The molecule has 3 aromatic rings. The van der Waals surface area contributed by atoms with E-state index in [0.717, 1.165) is 81.8 Å². The molecule has 2 N–H and O–H groups in total. The summed E-state index contributed by atoms with van der Waals surface area (Å²) in [5.41, 5.74) is 5.01. The fraction of sp³-hybridized carbons (Fsp3) is 0.429. The van der Waals surface area contributed by atoms with Gasteiger partial charge in [0.1, 0.15) is 18.0 Å². The molecule has 4 heterocycles. The molecule has 0 bridgehead atoms. The molecule has 2 saturated heterocycles. The average Bonchev–Trinajstić information content (AvgIpc) is 2.94. The molecule has 2 aromatic carbocycles. The first kappa shape index (κ1) is 23.2. The maximum Gasteiger partial charge on any atom is 0.135 e. The van der Waals surface area contributed by atoms with E-state index in [9.17, 15) is 5.11 Å². The molecule has 3 aliphatic rings. The topological polar surface area (TPSA) is 77.0 Å². The van der Waals surface area contributed by atoms with Crippen LogP contribution in [0.4, 0.5) is 23.0 Å². The van der Waals surface area contributed by atoms with E-state index in [0.29, 0.717) is 6.54 Å². The molecule has 0 radical (unpaired) electrons. The van der Waals surface area contributed by atoms with Crippen LogP contribution in [0.1, 0.15) is 17.5 Å². The van der Waals surface area contributed by atoms with Gasteiger partial charge in [-0.2, -0.15) is 0 Å². The van der Waals surface area contributed by atoms with Crippen LogP contribution in [0.15, 0.2) is 60.9 Å². The number of nitrogens with zero attached hydrogens (tertiary/aromatic N) is 5. The van der Waals surface area contributed by atoms with Gasteiger partial charge in [0, 0.05) is 51.4 Å². The lowest BCUT2D eigenvalue weighted by molar-refractivity contribution is 0.0293. The highest BCUT2D eigenvalue weighted by molar-refractivity contribution is 5.75. The molecular weight excluding hydrogens is 452 g/mol. The van der Waals surface area contributed by atoms with Gasteiger partial charge in [-0.05, 0) is 36.1 Å². The van der Waals surface area contributed by atoms with Crippen molar-refractivity contribution >= 4 is 23.0 Å². The van der Waals surface area contributed by atoms with Crippen LogP contribution in [0.3, 0.4) is 0 Å². The highest BCUT2D eigenvalue weighted by Crippen LogP contribution is 2.31. The van der Waals surface area contributed by atoms with E-state index < -0.39 is 6.10 Å². The number of fused-ring (bicyclic) bond motifs is 1. The van der Waals surface area contributed by atoms with E-state index in [1.54, 1.807) is 6.33 Å². The number of anilines is 4. The first-order chi connectivity index (χ1) is 17.7. The quantitative estimate of drug-likeness (QED) is 0.570. The zero-order valence-electron chi connectivity index (χ0n) is 20.6. The summed E-state index contributed by atoms with van der Waals surface area (Å²) in [7, 11) is 0. The van der Waals surface area contributed by atoms with Crippen LogP contribution in [0.5, 0.6) is 0 Å². The van der Waals surface area contributed by atoms with Crippen LogP contribution >= 0.6 is 0 Å². The lowest BCUT2D eigenvalue weighted by Crippen LogP contribution is -2.55. The normalized spacial score (nSPS) is 22.8. The number of piperidine rings is 1. The lowest BCUT2D eigenvalue weighted by atomic mass is 9.94. The summed E-state index contributed by atoms with van der Waals surface area (Å²) in [5.74, 6) is 1.60. The first-order valence-corrected chi connectivity index (χ1v) is 13.0. The second-order valence-electron chi connectivity index (χ2n) is 9.86. The number of hydrogen-bond acceptors (Lipinski definition) is 8. The minimum atomic E-state index is -0.419. The number of aliphatic hydroxyl groups excluding tert-OH is 1. The number of rotatable bonds is 5. The number of hydrogen-bond donors (Lipinski definition) is 2. The monoisotopic (exact) mass is 486 g/mol. The maximum absolute atomic E-state index is 11.1. The Morgan fingerprint density at radius 1 is 0.889 bits per heavy atom. The van der Waals surface area contributed by atoms with Crippen molar-refractivity contribution in [2.24, 2.45) is 0 Å². The smallest absolute Gasteiger partial charge is 0.135 e. The second-order valence-corrected chi connectivity index (χ2v) is 9.86. The SMILES string of the molecule is OC1CN(c2cc(Nc3ccccc3N3CCOCC3)ncn2)CCC1N1CCc2ccccc2C1. The maximum atomic E-state index is 11.1. The molecule has 2 unspecified atom stereocenters. The Hall–Kier alpha value is -3.20. The number of benzene rings is 2. The van der Waals surface area contributed by atoms with E-state index in [4.69, 9.17) is 4.74 Å². The zero-order valence-corrected chi connectivity index (χ0v) is 20.6. The summed E-state index contributed by atoms with van der Waals surface area (Å²) < 4.78 is 5.52. The average molecular weight is 487 g/mol. The van der Waals surface area contributed by atoms with Gasteiger partial charge in [0.25, 0.3) is 0 Å². The third-order valence-electron chi connectivity index (χ3n) is 7.67. The van der Waals surface area contributed by atoms with Crippen LogP contribution in [0.2, 0.25) is 0 Å². The molecule has 0 saturated carbocycles.